The minimum Gasteiger partial charge on any atom is -0.756 e. The molecular formula is C52H99N2O6P. The quantitative estimate of drug-likeness (QED) is 0.0273. The lowest BCUT2D eigenvalue weighted by molar-refractivity contribution is -0.870. The van der Waals surface area contributed by atoms with E-state index in [-0.39, 0.29) is 19.1 Å². The summed E-state index contributed by atoms with van der Waals surface area (Å²) < 4.78 is 23.3. The van der Waals surface area contributed by atoms with E-state index in [9.17, 15) is 19.4 Å². The molecule has 1 amide bonds. The Labute approximate surface area is 378 Å². The van der Waals surface area contributed by atoms with Gasteiger partial charge in [-0.25, -0.2) is 0 Å². The molecule has 0 aromatic carbocycles. The molecule has 61 heavy (non-hydrogen) atoms. The summed E-state index contributed by atoms with van der Waals surface area (Å²) in [5.74, 6) is -0.179. The van der Waals surface area contributed by atoms with Crippen LogP contribution in [0.15, 0.2) is 48.6 Å². The second-order valence-corrected chi connectivity index (χ2v) is 19.9. The van der Waals surface area contributed by atoms with Crippen LogP contribution < -0.4 is 10.2 Å². The highest BCUT2D eigenvalue weighted by atomic mass is 31.2. The van der Waals surface area contributed by atoms with Gasteiger partial charge in [0.1, 0.15) is 13.2 Å². The first-order chi connectivity index (χ1) is 29.5. The summed E-state index contributed by atoms with van der Waals surface area (Å²) >= 11 is 0. The molecule has 0 aromatic rings. The molecule has 0 saturated heterocycles. The van der Waals surface area contributed by atoms with Crippen molar-refractivity contribution < 1.29 is 32.9 Å². The van der Waals surface area contributed by atoms with Gasteiger partial charge in [-0.3, -0.25) is 9.36 Å². The van der Waals surface area contributed by atoms with Crippen LogP contribution in [0.5, 0.6) is 0 Å². The Kier molecular flexibility index (Phi) is 42.6. The van der Waals surface area contributed by atoms with Crippen molar-refractivity contribution in [2.24, 2.45) is 0 Å². The molecular weight excluding hydrogens is 780 g/mol. The van der Waals surface area contributed by atoms with Crippen LogP contribution in [0.3, 0.4) is 0 Å². The summed E-state index contributed by atoms with van der Waals surface area (Å²) in [4.78, 5) is 25.4. The molecule has 0 saturated carbocycles. The first kappa shape index (κ1) is 59.5. The highest BCUT2D eigenvalue weighted by Crippen LogP contribution is 2.38. The Morgan fingerprint density at radius 3 is 1.46 bits per heavy atom. The van der Waals surface area contributed by atoms with Crippen molar-refractivity contribution in [1.29, 1.82) is 0 Å². The molecule has 0 aromatic heterocycles. The molecule has 2 N–H and O–H groups in total. The van der Waals surface area contributed by atoms with Gasteiger partial charge < -0.3 is 28.8 Å². The average molecular weight is 879 g/mol. The number of rotatable bonds is 46. The number of carbonyl (C=O) groups is 1. The van der Waals surface area contributed by atoms with Crippen molar-refractivity contribution >= 4 is 13.7 Å². The van der Waals surface area contributed by atoms with Crippen LogP contribution in [0.4, 0.5) is 0 Å². The molecule has 3 atom stereocenters. The fourth-order valence-corrected chi connectivity index (χ4v) is 8.05. The Balaban J connectivity index is 4.30. The molecule has 0 radical (unpaired) electrons. The van der Waals surface area contributed by atoms with E-state index in [1.54, 1.807) is 0 Å². The maximum atomic E-state index is 12.9. The minimum atomic E-state index is -4.57. The number of quaternary nitrogens is 1. The van der Waals surface area contributed by atoms with Crippen molar-refractivity contribution in [3.8, 4) is 0 Å². The second-order valence-electron chi connectivity index (χ2n) is 18.5. The van der Waals surface area contributed by atoms with Gasteiger partial charge in [0.2, 0.25) is 5.91 Å². The van der Waals surface area contributed by atoms with E-state index in [0.29, 0.717) is 23.9 Å². The summed E-state index contributed by atoms with van der Waals surface area (Å²) in [5, 5.41) is 14.0. The third-order valence-corrected chi connectivity index (χ3v) is 12.3. The Bertz CT molecular complexity index is 1130. The molecule has 0 aliphatic carbocycles. The van der Waals surface area contributed by atoms with Gasteiger partial charge in [0.15, 0.2) is 0 Å². The largest absolute Gasteiger partial charge is 0.756 e. The number of amides is 1. The van der Waals surface area contributed by atoms with Crippen LogP contribution in [-0.2, 0) is 18.4 Å². The topological polar surface area (TPSA) is 108 Å². The number of aliphatic hydroxyl groups is 1. The third kappa shape index (κ3) is 46.3. The summed E-state index contributed by atoms with van der Waals surface area (Å²) in [6.07, 6.45) is 55.5. The van der Waals surface area contributed by atoms with Crippen LogP contribution in [-0.4, -0.2) is 68.5 Å². The number of nitrogens with one attached hydrogen (secondary N) is 1. The van der Waals surface area contributed by atoms with Crippen molar-refractivity contribution in [3.05, 3.63) is 48.6 Å². The Morgan fingerprint density at radius 1 is 0.590 bits per heavy atom. The number of nitrogens with zero attached hydrogens (tertiary/aromatic N) is 1. The van der Waals surface area contributed by atoms with Gasteiger partial charge in [-0.1, -0.05) is 217 Å². The zero-order valence-corrected chi connectivity index (χ0v) is 41.5. The second kappa shape index (κ2) is 43.7. The van der Waals surface area contributed by atoms with E-state index in [2.05, 4.69) is 67.8 Å². The number of phosphoric ester groups is 1. The van der Waals surface area contributed by atoms with Gasteiger partial charge in [0.05, 0.1) is 39.9 Å². The van der Waals surface area contributed by atoms with Gasteiger partial charge in [-0.05, 0) is 51.4 Å². The van der Waals surface area contributed by atoms with Gasteiger partial charge >= 0.3 is 0 Å². The maximum Gasteiger partial charge on any atom is 0.268 e. The van der Waals surface area contributed by atoms with E-state index < -0.39 is 20.0 Å². The summed E-state index contributed by atoms with van der Waals surface area (Å²) in [6, 6.07) is -0.810. The molecule has 0 fully saturated rings. The molecule has 0 bridgehead atoms. The van der Waals surface area contributed by atoms with Crippen molar-refractivity contribution in [3.63, 3.8) is 0 Å². The van der Waals surface area contributed by atoms with Crippen LogP contribution >= 0.6 is 7.82 Å². The third-order valence-electron chi connectivity index (χ3n) is 11.3. The van der Waals surface area contributed by atoms with Gasteiger partial charge in [0, 0.05) is 6.42 Å². The van der Waals surface area contributed by atoms with Crippen molar-refractivity contribution in [2.45, 2.75) is 238 Å². The fourth-order valence-electron chi connectivity index (χ4n) is 7.33. The molecule has 0 rings (SSSR count). The van der Waals surface area contributed by atoms with Crippen molar-refractivity contribution in [1.82, 2.24) is 5.32 Å². The zero-order valence-electron chi connectivity index (χ0n) is 40.6. The van der Waals surface area contributed by atoms with E-state index in [1.807, 2.05) is 21.1 Å². The number of allylic oxidation sites excluding steroid dienone is 8. The predicted octanol–water partition coefficient (Wildman–Crippen LogP) is 14.2. The smallest absolute Gasteiger partial charge is 0.268 e. The van der Waals surface area contributed by atoms with E-state index >= 15 is 0 Å². The number of carbonyl (C=O) groups excluding carboxylic acids is 1. The molecule has 8 nitrogen and oxygen atoms in total. The lowest BCUT2D eigenvalue weighted by Gasteiger charge is -2.30. The SMILES string of the molecule is CC/C=C\C/C=C\C/C=C\C/C=C\CCCCCCCCC(=O)NC(COP(=O)([O-])OCC[N+](C)(C)C)C(O)CCCCCCCCCCCCCCCCCCCCCC. The normalized spacial score (nSPS) is 14.5. The van der Waals surface area contributed by atoms with E-state index in [0.717, 1.165) is 77.0 Å². The zero-order chi connectivity index (χ0) is 45.0. The Hall–Kier alpha value is -1.54. The lowest BCUT2D eigenvalue weighted by atomic mass is 10.0. The highest BCUT2D eigenvalue weighted by molar-refractivity contribution is 7.45. The number of unbranched alkanes of at least 4 members (excludes halogenated alkanes) is 25. The first-order valence-electron chi connectivity index (χ1n) is 25.5. The summed E-state index contributed by atoms with van der Waals surface area (Å²) in [6.45, 7) is 4.61. The molecule has 0 aliphatic rings. The summed E-state index contributed by atoms with van der Waals surface area (Å²) in [5.41, 5.74) is 0. The number of hydrogen-bond donors (Lipinski definition) is 2. The monoisotopic (exact) mass is 879 g/mol. The van der Waals surface area contributed by atoms with Gasteiger partial charge in [0.25, 0.3) is 7.82 Å². The fraction of sp³-hybridized carbons (Fsp3) is 0.827. The van der Waals surface area contributed by atoms with Crippen LogP contribution in [0.25, 0.3) is 0 Å². The number of aliphatic hydroxyl groups excluding tert-OH is 1. The number of likely N-dealkylation sites (N-methyl/N-ethyl adjacent to an activating group) is 1. The molecule has 9 heteroatoms. The average Bonchev–Trinajstić information content (AvgIpc) is 3.21. The van der Waals surface area contributed by atoms with Crippen molar-refractivity contribution in [2.75, 3.05) is 40.9 Å². The van der Waals surface area contributed by atoms with E-state index in [4.69, 9.17) is 9.05 Å². The first-order valence-corrected chi connectivity index (χ1v) is 26.9. The number of phosphoric acid groups is 1. The van der Waals surface area contributed by atoms with Crippen LogP contribution in [0, 0.1) is 0 Å². The molecule has 0 aliphatic heterocycles. The van der Waals surface area contributed by atoms with Gasteiger partial charge in [-0.15, -0.1) is 0 Å². The molecule has 0 heterocycles. The van der Waals surface area contributed by atoms with Crippen LogP contribution in [0.2, 0.25) is 0 Å². The maximum absolute atomic E-state index is 12.9. The highest BCUT2D eigenvalue weighted by Gasteiger charge is 2.24. The predicted molar refractivity (Wildman–Crippen MR) is 261 cm³/mol. The standard InChI is InChI=1S/C52H99N2O6P/c1-6-8-10-12-14-16-18-20-22-24-26-28-29-31-33-35-37-39-41-43-45-51(55)50(49-60-61(57,58)59-48-47-54(3,4)5)53-52(56)46-44-42-40-38-36-34-32-30-27-25-23-21-19-17-15-13-11-9-7-2/h9,11,15,17,21,23,27,30,50-51,55H,6-8,10,12-14,16,18-20,22,24-26,28-29,31-49H2,1-5H3,(H-,53,56,57,58)/b11-9-,17-15-,23-21-,30-27-. The Morgan fingerprint density at radius 2 is 1.00 bits per heavy atom. The van der Waals surface area contributed by atoms with Crippen LogP contribution in [0.1, 0.15) is 226 Å². The van der Waals surface area contributed by atoms with E-state index in [1.165, 1.54) is 122 Å². The minimum absolute atomic E-state index is 0.00763. The number of hydrogen-bond acceptors (Lipinski definition) is 6. The van der Waals surface area contributed by atoms with Gasteiger partial charge in [-0.2, -0.15) is 0 Å². The summed E-state index contributed by atoms with van der Waals surface area (Å²) in [7, 11) is 1.29. The molecule has 3 unspecified atom stereocenters. The molecule has 358 valence electrons. The molecule has 0 spiro atoms. The lowest BCUT2D eigenvalue weighted by Crippen LogP contribution is -2.46.